The van der Waals surface area contributed by atoms with Gasteiger partial charge in [0.2, 0.25) is 5.91 Å². The first-order valence-electron chi connectivity index (χ1n) is 15.7. The van der Waals surface area contributed by atoms with Crippen LogP contribution in [0, 0.1) is 5.82 Å². The molecular weight excluding hydrogens is 682 g/mol. The third-order valence-electron chi connectivity index (χ3n) is 8.90. The van der Waals surface area contributed by atoms with E-state index in [1.54, 1.807) is 17.3 Å². The van der Waals surface area contributed by atoms with Gasteiger partial charge in [-0.3, -0.25) is 4.79 Å². The number of nitrogens with zero attached hydrogens (tertiary/aromatic N) is 8. The summed E-state index contributed by atoms with van der Waals surface area (Å²) in [6, 6.07) is 2.96. The van der Waals surface area contributed by atoms with Gasteiger partial charge >= 0.3 is 6.18 Å². The molecule has 7 rings (SSSR count). The summed E-state index contributed by atoms with van der Waals surface area (Å²) in [5.74, 6) is -0.624. The highest BCUT2D eigenvalue weighted by Crippen LogP contribution is 2.44. The standard InChI is InChI=1S/C32H32ClF4N9O2Si/c1-49(2,3)9-8-48-17-44-14-21(20-12-38-16-40-31(20)44)23-13-39-30(41-23)25-6-4-19-10-18(11-27(47)46(19)25)28-24(7-5-22(33)29(28)34)45-15-26(42-43-45)32(35,36)37/h5,7,11-16,19,25H,4,6,8-10,17H2,1-3H3,(H,39,41)/t19?,25-/m0/s1. The minimum Gasteiger partial charge on any atom is -0.361 e. The van der Waals surface area contributed by atoms with Gasteiger partial charge in [-0.1, -0.05) is 36.5 Å². The van der Waals surface area contributed by atoms with E-state index >= 15 is 4.39 Å². The summed E-state index contributed by atoms with van der Waals surface area (Å²) in [6.45, 7) is 7.91. The largest absolute Gasteiger partial charge is 0.436 e. The van der Waals surface area contributed by atoms with Crippen LogP contribution in [0.4, 0.5) is 17.6 Å². The highest BCUT2D eigenvalue weighted by molar-refractivity contribution is 6.76. The number of carbonyl (C=O) groups excluding carboxylic acids is 1. The van der Waals surface area contributed by atoms with E-state index in [4.69, 9.17) is 16.3 Å². The second-order valence-electron chi connectivity index (χ2n) is 13.5. The molecule has 2 atom stereocenters. The first kappa shape index (κ1) is 33.1. The Morgan fingerprint density at radius 2 is 1.94 bits per heavy atom. The van der Waals surface area contributed by atoms with Gasteiger partial charge in [-0.2, -0.15) is 13.2 Å². The van der Waals surface area contributed by atoms with Gasteiger partial charge in [-0.05, 0) is 43.0 Å². The number of H-pyrrole nitrogens is 1. The van der Waals surface area contributed by atoms with Crippen molar-refractivity contribution >= 4 is 42.2 Å². The Hall–Kier alpha value is -4.41. The molecule has 1 saturated heterocycles. The maximum atomic E-state index is 15.6. The van der Waals surface area contributed by atoms with E-state index in [-0.39, 0.29) is 40.7 Å². The Labute approximate surface area is 284 Å². The minimum atomic E-state index is -4.74. The molecule has 1 fully saturated rings. The van der Waals surface area contributed by atoms with E-state index in [9.17, 15) is 18.0 Å². The summed E-state index contributed by atoms with van der Waals surface area (Å²) in [6.07, 6.45) is 5.62. The van der Waals surface area contributed by atoms with Crippen molar-refractivity contribution in [2.75, 3.05) is 6.61 Å². The van der Waals surface area contributed by atoms with Gasteiger partial charge in [0.1, 0.15) is 24.5 Å². The Balaban J connectivity index is 1.15. The Bertz CT molecular complexity index is 2080. The number of halogens is 5. The summed E-state index contributed by atoms with van der Waals surface area (Å²) < 4.78 is 64.1. The molecule has 17 heteroatoms. The van der Waals surface area contributed by atoms with Gasteiger partial charge in [0.25, 0.3) is 0 Å². The van der Waals surface area contributed by atoms with Crippen molar-refractivity contribution < 1.29 is 27.1 Å². The normalized spacial score (nSPS) is 18.4. The summed E-state index contributed by atoms with van der Waals surface area (Å²) in [5, 5.41) is 7.36. The molecule has 1 amide bonds. The monoisotopic (exact) mass is 713 g/mol. The SMILES string of the molecule is C[Si](C)(C)CCOCn1cc(-c2cnc([C@@H]3CCC4CC(c5c(-n6cc(C(F)(F)F)nn6)ccc(Cl)c5F)=CC(=O)N43)[nH]2)c2cncnc21. The number of hydrogen-bond acceptors (Lipinski definition) is 7. The predicted molar refractivity (Wildman–Crippen MR) is 176 cm³/mol. The molecule has 2 aliphatic rings. The number of hydrogen-bond donors (Lipinski definition) is 1. The summed E-state index contributed by atoms with van der Waals surface area (Å²) in [5.41, 5.74) is 1.29. The van der Waals surface area contributed by atoms with E-state index in [0.29, 0.717) is 43.8 Å². The van der Waals surface area contributed by atoms with E-state index in [1.165, 1.54) is 24.5 Å². The Morgan fingerprint density at radius 1 is 1.12 bits per heavy atom. The quantitative estimate of drug-likeness (QED) is 0.0988. The molecule has 11 nitrogen and oxygen atoms in total. The number of benzene rings is 1. The lowest BCUT2D eigenvalue weighted by Crippen LogP contribution is -2.39. The molecule has 0 bridgehead atoms. The number of amides is 1. The van der Waals surface area contributed by atoms with Crippen LogP contribution in [0.3, 0.4) is 0 Å². The molecule has 1 aromatic carbocycles. The fourth-order valence-corrected chi connectivity index (χ4v) is 7.38. The van der Waals surface area contributed by atoms with Crippen LogP contribution in [-0.4, -0.2) is 71.0 Å². The lowest BCUT2D eigenvalue weighted by atomic mass is 9.92. The van der Waals surface area contributed by atoms with Gasteiger partial charge in [0.15, 0.2) is 11.5 Å². The number of alkyl halides is 3. The zero-order valence-electron chi connectivity index (χ0n) is 26.8. The van der Waals surface area contributed by atoms with Crippen molar-refractivity contribution in [3.63, 3.8) is 0 Å². The van der Waals surface area contributed by atoms with Crippen molar-refractivity contribution in [3.8, 4) is 16.9 Å². The average Bonchev–Trinajstić information content (AvgIpc) is 3.85. The van der Waals surface area contributed by atoms with Crippen molar-refractivity contribution in [2.45, 2.75) is 69.9 Å². The highest BCUT2D eigenvalue weighted by atomic mass is 35.5. The first-order chi connectivity index (χ1) is 23.3. The van der Waals surface area contributed by atoms with Gasteiger partial charge in [-0.15, -0.1) is 5.10 Å². The fraction of sp³-hybridized carbons (Fsp3) is 0.375. The molecule has 0 saturated carbocycles. The first-order valence-corrected chi connectivity index (χ1v) is 19.8. The zero-order chi connectivity index (χ0) is 34.7. The molecule has 0 spiro atoms. The summed E-state index contributed by atoms with van der Waals surface area (Å²) >= 11 is 6.11. The van der Waals surface area contributed by atoms with E-state index in [2.05, 4.69) is 49.9 Å². The Morgan fingerprint density at radius 3 is 2.69 bits per heavy atom. The summed E-state index contributed by atoms with van der Waals surface area (Å²) in [7, 11) is -1.24. The molecule has 49 heavy (non-hydrogen) atoms. The molecule has 0 aliphatic carbocycles. The van der Waals surface area contributed by atoms with Crippen LogP contribution in [0.1, 0.15) is 42.4 Å². The maximum absolute atomic E-state index is 15.6. The van der Waals surface area contributed by atoms with Crippen LogP contribution in [0.15, 0.2) is 49.3 Å². The predicted octanol–water partition coefficient (Wildman–Crippen LogP) is 7.05. The molecule has 256 valence electrons. The third-order valence-corrected chi connectivity index (χ3v) is 10.9. The second-order valence-corrected chi connectivity index (χ2v) is 19.5. The fourth-order valence-electron chi connectivity index (χ4n) is 6.47. The number of aromatic amines is 1. The topological polar surface area (TPSA) is 120 Å². The van der Waals surface area contributed by atoms with E-state index < -0.39 is 25.8 Å². The van der Waals surface area contributed by atoms with E-state index in [1.807, 2.05) is 10.8 Å². The van der Waals surface area contributed by atoms with Crippen LogP contribution in [0.25, 0.3) is 33.6 Å². The highest BCUT2D eigenvalue weighted by Gasteiger charge is 2.42. The molecule has 1 N–H and O–H groups in total. The van der Waals surface area contributed by atoms with E-state index in [0.717, 1.165) is 33.0 Å². The minimum absolute atomic E-state index is 0.00720. The third kappa shape index (κ3) is 6.39. The molecular formula is C32H32ClF4N9O2Si. The number of imidazole rings is 1. The lowest BCUT2D eigenvalue weighted by Gasteiger charge is -2.33. The van der Waals surface area contributed by atoms with Crippen molar-refractivity contribution in [3.05, 3.63) is 77.2 Å². The van der Waals surface area contributed by atoms with Gasteiger partial charge in [-0.25, -0.2) is 24.0 Å². The molecule has 2 aliphatic heterocycles. The molecule has 5 aromatic rings. The van der Waals surface area contributed by atoms with Crippen LogP contribution in [0.2, 0.25) is 30.7 Å². The summed E-state index contributed by atoms with van der Waals surface area (Å²) in [4.78, 5) is 32.2. The van der Waals surface area contributed by atoms with Crippen molar-refractivity contribution in [2.24, 2.45) is 0 Å². The second kappa shape index (κ2) is 12.5. The van der Waals surface area contributed by atoms with Gasteiger partial charge in [0, 0.05) is 55.7 Å². The molecule has 0 radical (unpaired) electrons. The molecule has 6 heterocycles. The Kier molecular flexibility index (Phi) is 8.43. The molecule has 4 aromatic heterocycles. The number of rotatable bonds is 9. The molecule has 1 unspecified atom stereocenters. The van der Waals surface area contributed by atoms with Gasteiger partial charge in [0.05, 0.1) is 34.8 Å². The number of nitrogens with one attached hydrogen (secondary N) is 1. The van der Waals surface area contributed by atoms with Crippen molar-refractivity contribution in [1.82, 2.24) is 44.4 Å². The van der Waals surface area contributed by atoms with Gasteiger partial charge < -0.3 is 19.2 Å². The number of carbonyl (C=O) groups is 1. The zero-order valence-corrected chi connectivity index (χ0v) is 28.6. The van der Waals surface area contributed by atoms with Crippen LogP contribution in [0.5, 0.6) is 0 Å². The average molecular weight is 714 g/mol. The smallest absolute Gasteiger partial charge is 0.361 e. The van der Waals surface area contributed by atoms with Crippen LogP contribution >= 0.6 is 11.6 Å². The van der Waals surface area contributed by atoms with Crippen molar-refractivity contribution in [1.29, 1.82) is 0 Å². The number of ether oxygens (including phenoxy) is 1. The number of fused-ring (bicyclic) bond motifs is 2. The van der Waals surface area contributed by atoms with Crippen LogP contribution in [-0.2, 0) is 22.4 Å². The number of aromatic nitrogens is 8. The maximum Gasteiger partial charge on any atom is 0.436 e. The lowest BCUT2D eigenvalue weighted by molar-refractivity contribution is -0.141. The van der Waals surface area contributed by atoms with Crippen LogP contribution < -0.4 is 0 Å².